The van der Waals surface area contributed by atoms with Crippen molar-refractivity contribution >= 4 is 5.69 Å². The van der Waals surface area contributed by atoms with E-state index in [0.29, 0.717) is 5.69 Å². The Hall–Kier alpha value is -1.34. The average molecular weight is 255 g/mol. The molecule has 2 rings (SSSR count). The standard InChI is InChI=1S/C12H17NO5/c1-6-9(15)10(16)11(17)12(18-6)13-7-2-4-8(14)5-3-7/h2-6,9-17H,1H3. The Bertz CT molecular complexity index is 396. The van der Waals surface area contributed by atoms with Gasteiger partial charge in [-0.1, -0.05) is 0 Å². The van der Waals surface area contributed by atoms with Crippen molar-refractivity contribution in [2.24, 2.45) is 0 Å². The first-order chi connectivity index (χ1) is 8.49. The number of aliphatic hydroxyl groups is 3. The minimum Gasteiger partial charge on any atom is -0.508 e. The number of aliphatic hydroxyl groups excluding tert-OH is 3. The summed E-state index contributed by atoms with van der Waals surface area (Å²) in [6.07, 6.45) is -5.01. The van der Waals surface area contributed by atoms with Gasteiger partial charge < -0.3 is 30.5 Å². The van der Waals surface area contributed by atoms with Gasteiger partial charge in [-0.05, 0) is 31.2 Å². The minimum atomic E-state index is -1.26. The van der Waals surface area contributed by atoms with Crippen molar-refractivity contribution in [2.45, 2.75) is 37.6 Å². The second kappa shape index (κ2) is 5.11. The van der Waals surface area contributed by atoms with Crippen LogP contribution in [0.15, 0.2) is 24.3 Å². The number of ether oxygens (including phenoxy) is 1. The zero-order valence-corrected chi connectivity index (χ0v) is 9.89. The van der Waals surface area contributed by atoms with E-state index in [9.17, 15) is 15.3 Å². The molecule has 0 radical (unpaired) electrons. The van der Waals surface area contributed by atoms with E-state index in [2.05, 4.69) is 5.32 Å². The number of benzene rings is 1. The normalized spacial score (nSPS) is 36.3. The molecule has 100 valence electrons. The maximum Gasteiger partial charge on any atom is 0.157 e. The molecule has 1 aliphatic rings. The topological polar surface area (TPSA) is 102 Å². The van der Waals surface area contributed by atoms with Gasteiger partial charge in [0.25, 0.3) is 0 Å². The van der Waals surface area contributed by atoms with E-state index >= 15 is 0 Å². The Balaban J connectivity index is 2.06. The van der Waals surface area contributed by atoms with Crippen LogP contribution < -0.4 is 5.32 Å². The maximum absolute atomic E-state index is 9.79. The first-order valence-electron chi connectivity index (χ1n) is 5.74. The molecular formula is C12H17NO5. The predicted octanol–water partition coefficient (Wildman–Crippen LogP) is -0.368. The summed E-state index contributed by atoms with van der Waals surface area (Å²) in [5.74, 6) is 0.134. The highest BCUT2D eigenvalue weighted by atomic mass is 16.5. The van der Waals surface area contributed by atoms with E-state index in [4.69, 9.17) is 9.84 Å². The lowest BCUT2D eigenvalue weighted by molar-refractivity contribution is -0.209. The van der Waals surface area contributed by atoms with Crippen LogP contribution in [0.4, 0.5) is 5.69 Å². The maximum atomic E-state index is 9.79. The highest BCUT2D eigenvalue weighted by molar-refractivity contribution is 5.46. The third kappa shape index (κ3) is 2.56. The van der Waals surface area contributed by atoms with E-state index < -0.39 is 30.6 Å². The summed E-state index contributed by atoms with van der Waals surface area (Å²) in [7, 11) is 0. The Morgan fingerprint density at radius 3 is 2.22 bits per heavy atom. The largest absolute Gasteiger partial charge is 0.508 e. The number of hydrogen-bond donors (Lipinski definition) is 5. The fourth-order valence-electron chi connectivity index (χ4n) is 1.89. The summed E-state index contributed by atoms with van der Waals surface area (Å²) < 4.78 is 5.38. The van der Waals surface area contributed by atoms with E-state index in [0.717, 1.165) is 0 Å². The number of hydrogen-bond acceptors (Lipinski definition) is 6. The molecule has 5 unspecified atom stereocenters. The molecule has 1 aliphatic heterocycles. The van der Waals surface area contributed by atoms with Crippen molar-refractivity contribution in [3.05, 3.63) is 24.3 Å². The first-order valence-corrected chi connectivity index (χ1v) is 5.74. The Labute approximate surface area is 104 Å². The fourth-order valence-corrected chi connectivity index (χ4v) is 1.89. The lowest BCUT2D eigenvalue weighted by Crippen LogP contribution is -2.58. The summed E-state index contributed by atoms with van der Waals surface area (Å²) in [5.41, 5.74) is 0.632. The third-order valence-electron chi connectivity index (χ3n) is 3.03. The minimum absolute atomic E-state index is 0.134. The second-order valence-electron chi connectivity index (χ2n) is 4.42. The molecule has 6 nitrogen and oxygen atoms in total. The van der Waals surface area contributed by atoms with E-state index in [1.54, 1.807) is 19.1 Å². The number of aromatic hydroxyl groups is 1. The highest BCUT2D eigenvalue weighted by Gasteiger charge is 2.41. The van der Waals surface area contributed by atoms with E-state index in [-0.39, 0.29) is 5.75 Å². The van der Waals surface area contributed by atoms with Gasteiger partial charge in [-0.15, -0.1) is 0 Å². The monoisotopic (exact) mass is 255 g/mol. The SMILES string of the molecule is CC1OC(Nc2ccc(O)cc2)C(O)C(O)C1O. The molecule has 6 heteroatoms. The number of nitrogens with one attached hydrogen (secondary N) is 1. The van der Waals surface area contributed by atoms with Crippen LogP contribution in [0, 0.1) is 0 Å². The number of rotatable bonds is 2. The van der Waals surface area contributed by atoms with Gasteiger partial charge in [0.15, 0.2) is 6.23 Å². The van der Waals surface area contributed by atoms with Crippen molar-refractivity contribution in [3.63, 3.8) is 0 Å². The quantitative estimate of drug-likeness (QED) is 0.462. The van der Waals surface area contributed by atoms with Gasteiger partial charge in [0.05, 0.1) is 6.10 Å². The molecule has 0 aromatic heterocycles. The Morgan fingerprint density at radius 2 is 1.61 bits per heavy atom. The van der Waals surface area contributed by atoms with Crippen LogP contribution in [0.2, 0.25) is 0 Å². The molecule has 1 saturated heterocycles. The van der Waals surface area contributed by atoms with Crippen LogP contribution in [0.3, 0.4) is 0 Å². The number of phenolic OH excluding ortho intramolecular Hbond substituents is 1. The summed E-state index contributed by atoms with van der Waals surface area (Å²) in [5, 5.41) is 41.0. The molecule has 1 aromatic rings. The van der Waals surface area contributed by atoms with Crippen LogP contribution in [0.1, 0.15) is 6.92 Å². The van der Waals surface area contributed by atoms with E-state index in [1.807, 2.05) is 0 Å². The van der Waals surface area contributed by atoms with Gasteiger partial charge in [0.2, 0.25) is 0 Å². The molecular weight excluding hydrogens is 238 g/mol. The third-order valence-corrected chi connectivity index (χ3v) is 3.03. The van der Waals surface area contributed by atoms with Gasteiger partial charge in [-0.25, -0.2) is 0 Å². The van der Waals surface area contributed by atoms with Crippen LogP contribution >= 0.6 is 0 Å². The predicted molar refractivity (Wildman–Crippen MR) is 64.1 cm³/mol. The summed E-state index contributed by atoms with van der Waals surface area (Å²) >= 11 is 0. The first kappa shape index (κ1) is 13.1. The molecule has 5 N–H and O–H groups in total. The molecule has 0 aliphatic carbocycles. The average Bonchev–Trinajstić information content (AvgIpc) is 2.36. The Kier molecular flexibility index (Phi) is 3.72. The van der Waals surface area contributed by atoms with Crippen molar-refractivity contribution in [3.8, 4) is 5.75 Å². The van der Waals surface area contributed by atoms with Crippen molar-refractivity contribution < 1.29 is 25.2 Å². The van der Waals surface area contributed by atoms with Crippen molar-refractivity contribution in [1.29, 1.82) is 0 Å². The summed E-state index contributed by atoms with van der Waals surface area (Å²) in [6.45, 7) is 1.62. The summed E-state index contributed by atoms with van der Waals surface area (Å²) in [6, 6.07) is 6.22. The Morgan fingerprint density at radius 1 is 1.00 bits per heavy atom. The molecule has 0 saturated carbocycles. The van der Waals surface area contributed by atoms with Gasteiger partial charge >= 0.3 is 0 Å². The highest BCUT2D eigenvalue weighted by Crippen LogP contribution is 2.23. The molecule has 1 heterocycles. The molecule has 1 fully saturated rings. The summed E-state index contributed by atoms with van der Waals surface area (Å²) in [4.78, 5) is 0. The zero-order valence-electron chi connectivity index (χ0n) is 9.89. The van der Waals surface area contributed by atoms with Gasteiger partial charge in [0, 0.05) is 5.69 Å². The molecule has 18 heavy (non-hydrogen) atoms. The molecule has 0 amide bonds. The molecule has 5 atom stereocenters. The van der Waals surface area contributed by atoms with Gasteiger partial charge in [-0.3, -0.25) is 0 Å². The van der Waals surface area contributed by atoms with Gasteiger partial charge in [0.1, 0.15) is 24.1 Å². The fraction of sp³-hybridized carbons (Fsp3) is 0.500. The molecule has 1 aromatic carbocycles. The van der Waals surface area contributed by atoms with Crippen molar-refractivity contribution in [2.75, 3.05) is 5.32 Å². The number of phenols is 1. The molecule has 0 bridgehead atoms. The van der Waals surface area contributed by atoms with Crippen LogP contribution in [0.25, 0.3) is 0 Å². The molecule has 0 spiro atoms. The van der Waals surface area contributed by atoms with Crippen molar-refractivity contribution in [1.82, 2.24) is 0 Å². The van der Waals surface area contributed by atoms with Crippen LogP contribution in [0.5, 0.6) is 5.75 Å². The second-order valence-corrected chi connectivity index (χ2v) is 4.42. The smallest absolute Gasteiger partial charge is 0.157 e. The van der Waals surface area contributed by atoms with E-state index in [1.165, 1.54) is 12.1 Å². The lowest BCUT2D eigenvalue weighted by atomic mass is 9.99. The van der Waals surface area contributed by atoms with Crippen LogP contribution in [-0.4, -0.2) is 51.1 Å². The number of anilines is 1. The van der Waals surface area contributed by atoms with Gasteiger partial charge in [-0.2, -0.15) is 0 Å². The lowest BCUT2D eigenvalue weighted by Gasteiger charge is -2.39. The van der Waals surface area contributed by atoms with Crippen LogP contribution in [-0.2, 0) is 4.74 Å². The zero-order chi connectivity index (χ0) is 13.3.